The van der Waals surface area contributed by atoms with Crippen molar-refractivity contribution in [2.75, 3.05) is 0 Å². The van der Waals surface area contributed by atoms with Crippen LogP contribution in [0.15, 0.2) is 67.3 Å². The average molecular weight is 439 g/mol. The fourth-order valence-corrected chi connectivity index (χ4v) is 5.14. The molecule has 1 heteroatoms. The van der Waals surface area contributed by atoms with Crippen molar-refractivity contribution in [1.29, 1.82) is 0 Å². The van der Waals surface area contributed by atoms with Gasteiger partial charge in [0, 0.05) is 10.9 Å². The second kappa shape index (κ2) is 11.3. The Morgan fingerprint density at radius 1 is 0.879 bits per heavy atom. The molecule has 4 rings (SSSR count). The number of hydrogen-bond donors (Lipinski definition) is 0. The maximum absolute atomic E-state index is 15.0. The lowest BCUT2D eigenvalue weighted by molar-refractivity contribution is 0.265. The van der Waals surface area contributed by atoms with E-state index in [4.69, 9.17) is 0 Å². The molecule has 0 bridgehead atoms. The van der Waals surface area contributed by atoms with Crippen molar-refractivity contribution in [1.82, 2.24) is 0 Å². The Hall–Kier alpha value is -2.85. The molecule has 0 aromatic heterocycles. The normalized spacial score (nSPS) is 18.0. The van der Waals surface area contributed by atoms with Crippen molar-refractivity contribution >= 4 is 10.8 Å². The monoisotopic (exact) mass is 438 g/mol. The molecule has 3 aromatic rings. The Morgan fingerprint density at radius 2 is 1.61 bits per heavy atom. The first-order chi connectivity index (χ1) is 16.2. The van der Waals surface area contributed by atoms with Crippen LogP contribution < -0.4 is 0 Å². The summed E-state index contributed by atoms with van der Waals surface area (Å²) >= 11 is 0. The molecule has 170 valence electrons. The summed E-state index contributed by atoms with van der Waals surface area (Å²) in [5, 5.41) is 1.60. The Labute approximate surface area is 198 Å². The first-order valence-electron chi connectivity index (χ1n) is 12.6. The summed E-state index contributed by atoms with van der Waals surface area (Å²) in [6, 6.07) is 18.3. The predicted octanol–water partition coefficient (Wildman–Crippen LogP) is 8.65. The van der Waals surface area contributed by atoms with E-state index in [1.165, 1.54) is 49.7 Å². The summed E-state index contributed by atoms with van der Waals surface area (Å²) in [6.07, 6.45) is 13.2. The van der Waals surface area contributed by atoms with Crippen molar-refractivity contribution in [3.8, 4) is 11.8 Å². The van der Waals surface area contributed by atoms with Crippen LogP contribution in [0.4, 0.5) is 4.39 Å². The minimum atomic E-state index is -0.220. The molecule has 0 atom stereocenters. The molecule has 33 heavy (non-hydrogen) atoms. The van der Waals surface area contributed by atoms with Crippen LogP contribution in [0.25, 0.3) is 10.8 Å². The Morgan fingerprint density at radius 3 is 2.33 bits per heavy atom. The number of hydrogen-bond acceptors (Lipinski definition) is 0. The van der Waals surface area contributed by atoms with E-state index in [0.717, 1.165) is 42.0 Å². The molecular formula is C32H35F. The van der Waals surface area contributed by atoms with Crippen LogP contribution in [-0.4, -0.2) is 0 Å². The van der Waals surface area contributed by atoms with Crippen LogP contribution >= 0.6 is 0 Å². The largest absolute Gasteiger partial charge is 0.205 e. The van der Waals surface area contributed by atoms with Gasteiger partial charge in [-0.2, -0.15) is 0 Å². The van der Waals surface area contributed by atoms with Gasteiger partial charge in [-0.15, -0.1) is 6.58 Å². The van der Waals surface area contributed by atoms with E-state index >= 15 is 0 Å². The standard InChI is InChI=1S/C32H35F/c1-3-5-24-7-9-25(10-8-24)11-12-26-13-15-27(16-14-26)17-19-29-20-21-30-23-28(6-4-2)18-22-31(30)32(29)33/h3,13-16,18,20-25H,1,4-12H2,2H3. The van der Waals surface area contributed by atoms with E-state index in [1.807, 2.05) is 18.2 Å². The highest BCUT2D eigenvalue weighted by Gasteiger charge is 2.19. The van der Waals surface area contributed by atoms with Crippen LogP contribution in [0, 0.1) is 29.5 Å². The molecule has 3 aromatic carbocycles. The maximum atomic E-state index is 15.0. The Bertz CT molecular complexity index is 1130. The number of fused-ring (bicyclic) bond motifs is 1. The molecule has 0 aliphatic heterocycles. The molecular weight excluding hydrogens is 403 g/mol. The quantitative estimate of drug-likeness (QED) is 0.256. The summed E-state index contributed by atoms with van der Waals surface area (Å²) in [4.78, 5) is 0. The number of halogens is 1. The lowest BCUT2D eigenvalue weighted by Gasteiger charge is -2.27. The van der Waals surface area contributed by atoms with Crippen LogP contribution in [0.2, 0.25) is 0 Å². The molecule has 0 heterocycles. The highest BCUT2D eigenvalue weighted by molar-refractivity contribution is 5.85. The van der Waals surface area contributed by atoms with Gasteiger partial charge in [0.2, 0.25) is 0 Å². The summed E-state index contributed by atoms with van der Waals surface area (Å²) in [7, 11) is 0. The predicted molar refractivity (Wildman–Crippen MR) is 139 cm³/mol. The first kappa shape index (κ1) is 23.3. The van der Waals surface area contributed by atoms with Crippen LogP contribution in [0.3, 0.4) is 0 Å². The fourth-order valence-electron chi connectivity index (χ4n) is 5.14. The molecule has 0 unspecified atom stereocenters. The highest BCUT2D eigenvalue weighted by Crippen LogP contribution is 2.33. The van der Waals surface area contributed by atoms with Gasteiger partial charge in [-0.25, -0.2) is 4.39 Å². The van der Waals surface area contributed by atoms with Crippen LogP contribution in [0.5, 0.6) is 0 Å². The van der Waals surface area contributed by atoms with E-state index in [1.54, 1.807) is 6.07 Å². The van der Waals surface area contributed by atoms with Crippen molar-refractivity contribution in [2.45, 2.75) is 64.7 Å². The second-order valence-electron chi connectivity index (χ2n) is 9.63. The zero-order valence-electron chi connectivity index (χ0n) is 19.9. The third kappa shape index (κ3) is 6.14. The van der Waals surface area contributed by atoms with Crippen molar-refractivity contribution < 1.29 is 4.39 Å². The fraction of sp³-hybridized carbons (Fsp3) is 0.375. The summed E-state index contributed by atoms with van der Waals surface area (Å²) in [6.45, 7) is 6.04. The van der Waals surface area contributed by atoms with E-state index in [-0.39, 0.29) is 5.82 Å². The van der Waals surface area contributed by atoms with Gasteiger partial charge in [0.25, 0.3) is 0 Å². The molecule has 1 fully saturated rings. The number of aryl methyl sites for hydroxylation is 2. The number of rotatable bonds is 7. The summed E-state index contributed by atoms with van der Waals surface area (Å²) in [5.41, 5.74) is 4.01. The highest BCUT2D eigenvalue weighted by atomic mass is 19.1. The molecule has 0 radical (unpaired) electrons. The average Bonchev–Trinajstić information content (AvgIpc) is 2.84. The zero-order chi connectivity index (χ0) is 23.0. The first-order valence-corrected chi connectivity index (χ1v) is 12.6. The van der Waals surface area contributed by atoms with Crippen LogP contribution in [-0.2, 0) is 12.8 Å². The molecule has 1 aliphatic rings. The molecule has 0 nitrogen and oxygen atoms in total. The zero-order valence-corrected chi connectivity index (χ0v) is 19.9. The third-order valence-corrected chi connectivity index (χ3v) is 7.16. The molecule has 0 saturated heterocycles. The minimum Gasteiger partial charge on any atom is -0.205 e. The van der Waals surface area contributed by atoms with Gasteiger partial charge in [0.1, 0.15) is 5.82 Å². The Balaban J connectivity index is 1.36. The SMILES string of the molecule is C=CCC1CCC(CCc2ccc(C#Cc3ccc4cc(CCC)ccc4c3F)cc2)CC1. The number of benzene rings is 3. The molecule has 0 N–H and O–H groups in total. The van der Waals surface area contributed by atoms with E-state index in [2.05, 4.69) is 61.8 Å². The molecule has 0 spiro atoms. The van der Waals surface area contributed by atoms with Crippen molar-refractivity contribution in [2.24, 2.45) is 11.8 Å². The Kier molecular flexibility index (Phi) is 8.01. The van der Waals surface area contributed by atoms with E-state index < -0.39 is 0 Å². The topological polar surface area (TPSA) is 0 Å². The lowest BCUT2D eigenvalue weighted by atomic mass is 9.78. The van der Waals surface area contributed by atoms with Crippen molar-refractivity contribution in [3.63, 3.8) is 0 Å². The number of allylic oxidation sites excluding steroid dienone is 1. The molecule has 0 amide bonds. The van der Waals surface area contributed by atoms with E-state index in [9.17, 15) is 4.39 Å². The van der Waals surface area contributed by atoms with Gasteiger partial charge in [0.05, 0.1) is 5.56 Å². The van der Waals surface area contributed by atoms with Gasteiger partial charge in [-0.1, -0.05) is 80.5 Å². The van der Waals surface area contributed by atoms with Gasteiger partial charge in [-0.3, -0.25) is 0 Å². The van der Waals surface area contributed by atoms with Gasteiger partial charge < -0.3 is 0 Å². The minimum absolute atomic E-state index is 0.220. The smallest absolute Gasteiger partial charge is 0.146 e. The van der Waals surface area contributed by atoms with Gasteiger partial charge in [-0.05, 0) is 85.1 Å². The molecule has 1 saturated carbocycles. The van der Waals surface area contributed by atoms with Crippen LogP contribution in [0.1, 0.15) is 74.1 Å². The van der Waals surface area contributed by atoms with E-state index in [0.29, 0.717) is 10.9 Å². The van der Waals surface area contributed by atoms with Crippen molar-refractivity contribution in [3.05, 3.63) is 95.3 Å². The summed E-state index contributed by atoms with van der Waals surface area (Å²) in [5.74, 6) is 7.70. The lowest BCUT2D eigenvalue weighted by Crippen LogP contribution is -2.14. The van der Waals surface area contributed by atoms with Gasteiger partial charge in [0.15, 0.2) is 0 Å². The van der Waals surface area contributed by atoms with Gasteiger partial charge >= 0.3 is 0 Å². The second-order valence-corrected chi connectivity index (χ2v) is 9.63. The molecule has 1 aliphatic carbocycles. The summed E-state index contributed by atoms with van der Waals surface area (Å²) < 4.78 is 15.0. The third-order valence-electron chi connectivity index (χ3n) is 7.16. The maximum Gasteiger partial charge on any atom is 0.146 e.